The van der Waals surface area contributed by atoms with E-state index in [1.54, 1.807) is 18.2 Å². The summed E-state index contributed by atoms with van der Waals surface area (Å²) in [6.45, 7) is -0.732. The number of hydrogen-bond donors (Lipinski definition) is 1. The van der Waals surface area contributed by atoms with Crippen LogP contribution in [0.2, 0.25) is 0 Å². The number of carbonyl (C=O) groups is 1. The average Bonchev–Trinajstić information content (AvgIpc) is 2.53. The van der Waals surface area contributed by atoms with Crippen molar-refractivity contribution in [3.8, 4) is 0 Å². The highest BCUT2D eigenvalue weighted by molar-refractivity contribution is 7.90. The smallest absolute Gasteiger partial charge is 0.263 e. The van der Waals surface area contributed by atoms with Gasteiger partial charge in [0, 0.05) is 5.56 Å². The summed E-state index contributed by atoms with van der Waals surface area (Å²) >= 11 is 0. The molecule has 1 N–H and O–H groups in total. The number of carboxylic acid groups (broad SMARTS) is 1. The average molecular weight is 335 g/mol. The summed E-state index contributed by atoms with van der Waals surface area (Å²) in [5.41, 5.74) is 0.229. The van der Waals surface area contributed by atoms with Gasteiger partial charge in [-0.2, -0.15) is 0 Å². The van der Waals surface area contributed by atoms with E-state index in [0.717, 1.165) is 12.1 Å². The summed E-state index contributed by atoms with van der Waals surface area (Å²) in [5, 5.41) is 10.6. The van der Waals surface area contributed by atoms with Crippen LogP contribution in [0.15, 0.2) is 64.5 Å². The van der Waals surface area contributed by atoms with Crippen molar-refractivity contribution >= 4 is 21.8 Å². The van der Waals surface area contributed by atoms with Crippen molar-refractivity contribution in [2.24, 2.45) is 4.99 Å². The van der Waals surface area contributed by atoms with E-state index >= 15 is 0 Å². The fourth-order valence-corrected chi connectivity index (χ4v) is 2.79. The Morgan fingerprint density at radius 1 is 1.09 bits per heavy atom. The first-order valence-corrected chi connectivity index (χ1v) is 7.95. The maximum atomic E-state index is 13.0. The summed E-state index contributed by atoms with van der Waals surface area (Å²) < 4.78 is 39.8. The fourth-order valence-electron chi connectivity index (χ4n) is 1.72. The number of halogens is 1. The second-order valence-electron chi connectivity index (χ2n) is 4.46. The minimum Gasteiger partial charge on any atom is -0.548 e. The molecule has 0 fully saturated rings. The summed E-state index contributed by atoms with van der Waals surface area (Å²) in [7, 11) is -3.95. The van der Waals surface area contributed by atoms with Crippen molar-refractivity contribution in [3.05, 3.63) is 66.0 Å². The van der Waals surface area contributed by atoms with Gasteiger partial charge in [-0.25, -0.2) is 12.8 Å². The Labute approximate surface area is 132 Å². The predicted molar refractivity (Wildman–Crippen MR) is 79.6 cm³/mol. The van der Waals surface area contributed by atoms with Gasteiger partial charge in [0.05, 0.1) is 17.4 Å². The Balaban J connectivity index is 2.37. The first-order valence-electron chi connectivity index (χ1n) is 6.46. The van der Waals surface area contributed by atoms with Crippen LogP contribution in [0.25, 0.3) is 0 Å². The molecule has 0 heterocycles. The maximum Gasteiger partial charge on any atom is 0.263 e. The summed E-state index contributed by atoms with van der Waals surface area (Å²) in [5.74, 6) is -2.19. The quantitative estimate of drug-likeness (QED) is 0.627. The lowest BCUT2D eigenvalue weighted by Crippen LogP contribution is -2.33. The molecule has 0 unspecified atom stereocenters. The number of nitrogens with one attached hydrogen (secondary N) is 1. The van der Waals surface area contributed by atoms with Crippen molar-refractivity contribution in [2.45, 2.75) is 4.90 Å². The van der Waals surface area contributed by atoms with E-state index < -0.39 is 28.4 Å². The van der Waals surface area contributed by atoms with E-state index in [2.05, 4.69) is 9.71 Å². The zero-order valence-electron chi connectivity index (χ0n) is 11.8. The van der Waals surface area contributed by atoms with Crippen LogP contribution in [0, 0.1) is 5.82 Å². The molecular weight excluding hydrogens is 323 g/mol. The Bertz CT molecular complexity index is 818. The van der Waals surface area contributed by atoms with Crippen LogP contribution < -0.4 is 9.83 Å². The lowest BCUT2D eigenvalue weighted by Gasteiger charge is -2.12. The molecule has 120 valence electrons. The third-order valence-corrected chi connectivity index (χ3v) is 4.12. The molecular formula is C15H12FN2O4S-. The van der Waals surface area contributed by atoms with Crippen LogP contribution in [0.5, 0.6) is 0 Å². The monoisotopic (exact) mass is 335 g/mol. The summed E-state index contributed by atoms with van der Waals surface area (Å²) in [6, 6.07) is 12.3. The van der Waals surface area contributed by atoms with E-state index in [1.807, 2.05) is 0 Å². The maximum absolute atomic E-state index is 13.0. The van der Waals surface area contributed by atoms with Gasteiger partial charge < -0.3 is 9.90 Å². The van der Waals surface area contributed by atoms with Gasteiger partial charge in [-0.1, -0.05) is 18.2 Å². The van der Waals surface area contributed by atoms with E-state index in [0.29, 0.717) is 0 Å². The Hall–Kier alpha value is -2.74. The zero-order chi connectivity index (χ0) is 16.9. The lowest BCUT2D eigenvalue weighted by atomic mass is 10.2. The molecule has 0 atom stereocenters. The second-order valence-corrected chi connectivity index (χ2v) is 6.14. The molecule has 0 aromatic heterocycles. The molecule has 6 nitrogen and oxygen atoms in total. The SMILES string of the molecule is O=C([O-])CN=C(NS(=O)(=O)c1ccccc1)c1ccc(F)cc1. The third kappa shape index (κ3) is 4.62. The Morgan fingerprint density at radius 3 is 2.26 bits per heavy atom. The van der Waals surface area contributed by atoms with Crippen LogP contribution in [-0.2, 0) is 14.8 Å². The minimum atomic E-state index is -3.95. The zero-order valence-corrected chi connectivity index (χ0v) is 12.6. The van der Waals surface area contributed by atoms with E-state index in [1.165, 1.54) is 24.3 Å². The molecule has 0 aliphatic heterocycles. The number of aliphatic carboxylic acids is 1. The summed E-state index contributed by atoms with van der Waals surface area (Å²) in [6.07, 6.45) is 0. The number of carboxylic acids is 1. The lowest BCUT2D eigenvalue weighted by molar-refractivity contribution is -0.303. The van der Waals surface area contributed by atoms with Gasteiger partial charge in [-0.15, -0.1) is 0 Å². The van der Waals surface area contributed by atoms with Gasteiger partial charge in [0.25, 0.3) is 10.0 Å². The number of benzene rings is 2. The number of sulfonamides is 1. The van der Waals surface area contributed by atoms with Gasteiger partial charge in [0.1, 0.15) is 11.7 Å². The number of amidine groups is 1. The van der Waals surface area contributed by atoms with E-state index in [4.69, 9.17) is 0 Å². The fraction of sp³-hybridized carbons (Fsp3) is 0.0667. The molecule has 2 rings (SSSR count). The highest BCUT2D eigenvalue weighted by Crippen LogP contribution is 2.10. The topological polar surface area (TPSA) is 98.7 Å². The molecule has 2 aromatic rings. The first-order chi connectivity index (χ1) is 10.9. The van der Waals surface area contributed by atoms with Crippen molar-refractivity contribution < 1.29 is 22.7 Å². The van der Waals surface area contributed by atoms with Crippen LogP contribution in [0.4, 0.5) is 4.39 Å². The molecule has 0 aliphatic rings. The van der Waals surface area contributed by atoms with Gasteiger partial charge in [-0.3, -0.25) is 9.71 Å². The van der Waals surface area contributed by atoms with Gasteiger partial charge in [-0.05, 0) is 36.4 Å². The molecule has 0 spiro atoms. The third-order valence-electron chi connectivity index (χ3n) is 2.77. The van der Waals surface area contributed by atoms with Crippen LogP contribution in [-0.4, -0.2) is 26.8 Å². The van der Waals surface area contributed by atoms with Crippen molar-refractivity contribution in [3.63, 3.8) is 0 Å². The number of carbonyl (C=O) groups excluding carboxylic acids is 1. The van der Waals surface area contributed by atoms with Crippen molar-refractivity contribution in [1.29, 1.82) is 0 Å². The molecule has 2 aromatic carbocycles. The molecule has 0 radical (unpaired) electrons. The molecule has 0 amide bonds. The van der Waals surface area contributed by atoms with E-state index in [9.17, 15) is 22.7 Å². The number of hydrogen-bond acceptors (Lipinski definition) is 5. The molecule has 0 bridgehead atoms. The minimum absolute atomic E-state index is 0.0109. The second kappa shape index (κ2) is 7.01. The highest BCUT2D eigenvalue weighted by atomic mass is 32.2. The standard InChI is InChI=1S/C15H13FN2O4S/c16-12-8-6-11(7-9-12)15(17-10-14(19)20)18-23(21,22)13-4-2-1-3-5-13/h1-9H,10H2,(H,17,18)(H,19,20)/p-1. The van der Waals surface area contributed by atoms with Crippen molar-refractivity contribution in [1.82, 2.24) is 4.72 Å². The Kier molecular flexibility index (Phi) is 5.07. The number of rotatable bonds is 5. The number of aliphatic imine (C=N–C) groups is 1. The molecule has 0 saturated carbocycles. The number of nitrogens with zero attached hydrogens (tertiary/aromatic N) is 1. The molecule has 0 aliphatic carbocycles. The Morgan fingerprint density at radius 2 is 1.70 bits per heavy atom. The molecule has 0 saturated heterocycles. The van der Waals surface area contributed by atoms with Crippen LogP contribution >= 0.6 is 0 Å². The van der Waals surface area contributed by atoms with Gasteiger partial charge in [0.15, 0.2) is 0 Å². The first kappa shape index (κ1) is 16.6. The predicted octanol–water partition coefficient (Wildman–Crippen LogP) is 0.301. The molecule has 8 heteroatoms. The van der Waals surface area contributed by atoms with Gasteiger partial charge >= 0.3 is 0 Å². The van der Waals surface area contributed by atoms with Crippen LogP contribution in [0.3, 0.4) is 0 Å². The normalized spacial score (nSPS) is 12.0. The largest absolute Gasteiger partial charge is 0.548 e. The van der Waals surface area contributed by atoms with E-state index in [-0.39, 0.29) is 16.3 Å². The highest BCUT2D eigenvalue weighted by Gasteiger charge is 2.17. The van der Waals surface area contributed by atoms with Crippen molar-refractivity contribution in [2.75, 3.05) is 6.54 Å². The summed E-state index contributed by atoms with van der Waals surface area (Å²) in [4.78, 5) is 14.2. The molecule has 23 heavy (non-hydrogen) atoms. The van der Waals surface area contributed by atoms with Gasteiger partial charge in [0.2, 0.25) is 0 Å². The van der Waals surface area contributed by atoms with Crippen LogP contribution in [0.1, 0.15) is 5.56 Å².